The summed E-state index contributed by atoms with van der Waals surface area (Å²) in [5.41, 5.74) is 5.55. The highest BCUT2D eigenvalue weighted by Crippen LogP contribution is 2.33. The van der Waals surface area contributed by atoms with Crippen molar-refractivity contribution in [2.24, 2.45) is 0 Å². The highest BCUT2D eigenvalue weighted by molar-refractivity contribution is 5.75. The molecule has 41 heavy (non-hydrogen) atoms. The summed E-state index contributed by atoms with van der Waals surface area (Å²) in [6.07, 6.45) is 9.89. The first-order chi connectivity index (χ1) is 19.9. The number of methoxy groups -OCH3 is 2. The van der Waals surface area contributed by atoms with Crippen molar-refractivity contribution in [3.8, 4) is 11.5 Å². The molecule has 0 saturated heterocycles. The molecule has 0 N–H and O–H groups in total. The van der Waals surface area contributed by atoms with Gasteiger partial charge < -0.3 is 14.4 Å². The summed E-state index contributed by atoms with van der Waals surface area (Å²) in [6.45, 7) is 3.13. The summed E-state index contributed by atoms with van der Waals surface area (Å²) in [7, 11) is 5.27. The molecule has 0 radical (unpaired) electrons. The van der Waals surface area contributed by atoms with E-state index in [0.717, 1.165) is 28.2 Å². The molecule has 214 valence electrons. The lowest BCUT2D eigenvalue weighted by atomic mass is 9.84. The maximum atomic E-state index is 15.2. The number of hydrogen-bond donors (Lipinski definition) is 0. The Balaban J connectivity index is 1.21. The van der Waals surface area contributed by atoms with Crippen molar-refractivity contribution in [2.45, 2.75) is 58.0 Å². The van der Waals surface area contributed by atoms with Crippen molar-refractivity contribution in [1.82, 2.24) is 14.8 Å². The van der Waals surface area contributed by atoms with Crippen LogP contribution in [-0.2, 0) is 13.1 Å². The van der Waals surface area contributed by atoms with Crippen LogP contribution in [0.5, 0.6) is 11.5 Å². The molecule has 2 aromatic carbocycles. The fourth-order valence-corrected chi connectivity index (χ4v) is 5.55. The predicted molar refractivity (Wildman–Crippen MR) is 163 cm³/mol. The third kappa shape index (κ3) is 6.96. The predicted octanol–water partition coefficient (Wildman–Crippen LogP) is 7.80. The van der Waals surface area contributed by atoms with Crippen molar-refractivity contribution in [3.05, 3.63) is 101 Å². The molecular formula is C34H39FN4O2. The lowest BCUT2D eigenvalue weighted by molar-refractivity contribution is 0.354. The van der Waals surface area contributed by atoms with Crippen molar-refractivity contribution >= 4 is 17.7 Å². The lowest BCUT2D eigenvalue weighted by Gasteiger charge is -2.21. The Morgan fingerprint density at radius 2 is 1.68 bits per heavy atom. The first-order valence-corrected chi connectivity index (χ1v) is 14.3. The Kier molecular flexibility index (Phi) is 9.02. The van der Waals surface area contributed by atoms with Crippen molar-refractivity contribution < 1.29 is 13.9 Å². The van der Waals surface area contributed by atoms with Gasteiger partial charge in [-0.05, 0) is 78.3 Å². The first kappa shape index (κ1) is 28.4. The normalized spacial score (nSPS) is 14.2. The van der Waals surface area contributed by atoms with Gasteiger partial charge in [-0.15, -0.1) is 0 Å². The summed E-state index contributed by atoms with van der Waals surface area (Å²) >= 11 is 0. The van der Waals surface area contributed by atoms with E-state index in [1.807, 2.05) is 67.3 Å². The summed E-state index contributed by atoms with van der Waals surface area (Å²) in [6, 6.07) is 20.1. The lowest BCUT2D eigenvalue weighted by Crippen LogP contribution is -2.18. The van der Waals surface area contributed by atoms with E-state index in [2.05, 4.69) is 27.1 Å². The molecule has 0 amide bonds. The molecule has 1 aliphatic carbocycles. The van der Waals surface area contributed by atoms with Crippen LogP contribution in [0.2, 0.25) is 0 Å². The molecule has 0 bridgehead atoms. The topological polar surface area (TPSA) is 52.4 Å². The second kappa shape index (κ2) is 13.0. The van der Waals surface area contributed by atoms with E-state index in [-0.39, 0.29) is 5.83 Å². The van der Waals surface area contributed by atoms with Gasteiger partial charge in [0.2, 0.25) is 0 Å². The molecule has 2 aromatic heterocycles. The minimum atomic E-state index is -0.331. The van der Waals surface area contributed by atoms with Crippen LogP contribution in [0.25, 0.3) is 11.9 Å². The third-order valence-electron chi connectivity index (χ3n) is 7.93. The SMILES string of the molecule is COc1ccc(CN(C)c2ccc(Cn3nc(C(F)=Cc4ccc(C5CCCCC5)cc4)cc3C)cn2)cc1OC. The number of hydrogen-bond acceptors (Lipinski definition) is 5. The largest absolute Gasteiger partial charge is 0.493 e. The smallest absolute Gasteiger partial charge is 0.161 e. The van der Waals surface area contributed by atoms with Gasteiger partial charge in [0.15, 0.2) is 17.3 Å². The molecule has 0 aliphatic heterocycles. The Bertz CT molecular complexity index is 1470. The van der Waals surface area contributed by atoms with E-state index < -0.39 is 0 Å². The maximum Gasteiger partial charge on any atom is 0.161 e. The minimum Gasteiger partial charge on any atom is -0.493 e. The van der Waals surface area contributed by atoms with Crippen LogP contribution in [0.4, 0.5) is 10.2 Å². The van der Waals surface area contributed by atoms with Gasteiger partial charge >= 0.3 is 0 Å². The zero-order chi connectivity index (χ0) is 28.8. The Morgan fingerprint density at radius 1 is 0.951 bits per heavy atom. The number of ether oxygens (including phenoxy) is 2. The van der Waals surface area contributed by atoms with Gasteiger partial charge in [-0.25, -0.2) is 9.37 Å². The zero-order valence-electron chi connectivity index (χ0n) is 24.4. The van der Waals surface area contributed by atoms with E-state index in [1.165, 1.54) is 37.7 Å². The number of benzene rings is 2. The highest BCUT2D eigenvalue weighted by atomic mass is 19.1. The first-order valence-electron chi connectivity index (χ1n) is 14.3. The molecule has 6 nitrogen and oxygen atoms in total. The van der Waals surface area contributed by atoms with Crippen LogP contribution >= 0.6 is 0 Å². The van der Waals surface area contributed by atoms with Crippen LogP contribution in [-0.4, -0.2) is 36.0 Å². The number of anilines is 1. The fourth-order valence-electron chi connectivity index (χ4n) is 5.55. The number of nitrogens with zero attached hydrogens (tertiary/aromatic N) is 4. The molecule has 0 spiro atoms. The van der Waals surface area contributed by atoms with Gasteiger partial charge in [-0.3, -0.25) is 4.68 Å². The Labute approximate surface area is 242 Å². The number of aromatic nitrogens is 3. The van der Waals surface area contributed by atoms with E-state index in [0.29, 0.717) is 36.2 Å². The monoisotopic (exact) mass is 554 g/mol. The summed E-state index contributed by atoms with van der Waals surface area (Å²) in [5, 5.41) is 4.55. The molecule has 0 unspecified atom stereocenters. The van der Waals surface area contributed by atoms with Crippen molar-refractivity contribution in [2.75, 3.05) is 26.2 Å². The number of aryl methyl sites for hydroxylation is 1. The number of rotatable bonds is 10. The minimum absolute atomic E-state index is 0.331. The van der Waals surface area contributed by atoms with Crippen molar-refractivity contribution in [3.63, 3.8) is 0 Å². The molecule has 1 fully saturated rings. The number of halogens is 1. The van der Waals surface area contributed by atoms with Gasteiger partial charge in [0.1, 0.15) is 11.5 Å². The molecule has 5 rings (SSSR count). The third-order valence-corrected chi connectivity index (χ3v) is 7.93. The molecular weight excluding hydrogens is 515 g/mol. The molecule has 4 aromatic rings. The van der Waals surface area contributed by atoms with Crippen LogP contribution in [0.1, 0.15) is 71.7 Å². The van der Waals surface area contributed by atoms with E-state index >= 15 is 4.39 Å². The molecule has 0 atom stereocenters. The average molecular weight is 555 g/mol. The van der Waals surface area contributed by atoms with E-state index in [9.17, 15) is 0 Å². The average Bonchev–Trinajstić information content (AvgIpc) is 3.38. The van der Waals surface area contributed by atoms with Crippen LogP contribution in [0, 0.1) is 6.92 Å². The Hall–Kier alpha value is -4.13. The zero-order valence-corrected chi connectivity index (χ0v) is 24.4. The van der Waals surface area contributed by atoms with Gasteiger partial charge in [0.05, 0.1) is 20.8 Å². The van der Waals surface area contributed by atoms with Crippen LogP contribution in [0.3, 0.4) is 0 Å². The second-order valence-electron chi connectivity index (χ2n) is 10.9. The standard InChI is InChI=1S/C34H39FN4O2/c1-24-18-31(30(35)19-25-10-14-29(15-11-25)28-8-6-5-7-9-28)37-39(24)23-27-13-17-34(36-21-27)38(2)22-26-12-16-32(40-3)33(20-26)41-4/h10-21,28H,5-9,22-23H2,1-4H3. The van der Waals surface area contributed by atoms with E-state index in [1.54, 1.807) is 26.4 Å². The highest BCUT2D eigenvalue weighted by Gasteiger charge is 2.16. The van der Waals surface area contributed by atoms with Crippen molar-refractivity contribution in [1.29, 1.82) is 0 Å². The molecule has 1 aliphatic rings. The summed E-state index contributed by atoms with van der Waals surface area (Å²) in [5.74, 6) is 2.57. The number of pyridine rings is 1. The van der Waals surface area contributed by atoms with Crippen LogP contribution in [0.15, 0.2) is 66.9 Å². The molecule has 1 saturated carbocycles. The van der Waals surface area contributed by atoms with Gasteiger partial charge in [0.25, 0.3) is 0 Å². The van der Waals surface area contributed by atoms with Gasteiger partial charge in [0, 0.05) is 25.5 Å². The summed E-state index contributed by atoms with van der Waals surface area (Å²) in [4.78, 5) is 6.73. The fraction of sp³-hybridized carbons (Fsp3) is 0.353. The quantitative estimate of drug-likeness (QED) is 0.200. The molecule has 2 heterocycles. The molecule has 7 heteroatoms. The van der Waals surface area contributed by atoms with Gasteiger partial charge in [-0.2, -0.15) is 5.10 Å². The second-order valence-corrected chi connectivity index (χ2v) is 10.9. The summed E-state index contributed by atoms with van der Waals surface area (Å²) < 4.78 is 27.7. The Morgan fingerprint density at radius 3 is 2.37 bits per heavy atom. The van der Waals surface area contributed by atoms with Crippen LogP contribution < -0.4 is 14.4 Å². The van der Waals surface area contributed by atoms with E-state index in [4.69, 9.17) is 9.47 Å². The van der Waals surface area contributed by atoms with Gasteiger partial charge in [-0.1, -0.05) is 55.7 Å². The maximum absolute atomic E-state index is 15.2.